The van der Waals surface area contributed by atoms with Crippen molar-refractivity contribution in [2.45, 2.75) is 36.4 Å². The van der Waals surface area contributed by atoms with Crippen LogP contribution in [0.15, 0.2) is 41.8 Å². The van der Waals surface area contributed by atoms with E-state index in [1.807, 2.05) is 35.2 Å². The molecule has 0 amide bonds. The van der Waals surface area contributed by atoms with Crippen molar-refractivity contribution in [2.75, 3.05) is 0 Å². The van der Waals surface area contributed by atoms with Crippen LogP contribution in [0, 0.1) is 5.41 Å². The zero-order chi connectivity index (χ0) is 19.2. The van der Waals surface area contributed by atoms with Crippen molar-refractivity contribution in [2.24, 2.45) is 10.8 Å². The molecule has 5 nitrogen and oxygen atoms in total. The number of rotatable bonds is 7. The minimum Gasteiger partial charge on any atom is -0.369 e. The Hall–Kier alpha value is -1.69. The SMILES string of the molecule is CCCCCc1cn(-c2ccccc2C(Cl)(Cl)Cl)cc1C=NNC(=N)N. The molecule has 8 heteroatoms. The number of hydrogen-bond donors (Lipinski definition) is 3. The van der Waals surface area contributed by atoms with Crippen LogP contribution < -0.4 is 11.2 Å². The highest BCUT2D eigenvalue weighted by atomic mass is 35.6. The number of aryl methyl sites for hydroxylation is 1. The maximum absolute atomic E-state index is 7.19. The van der Waals surface area contributed by atoms with Crippen LogP contribution in [0.5, 0.6) is 0 Å². The van der Waals surface area contributed by atoms with Gasteiger partial charge in [-0.1, -0.05) is 72.8 Å². The molecule has 2 rings (SSSR count). The lowest BCUT2D eigenvalue weighted by molar-refractivity contribution is 0.717. The Morgan fingerprint density at radius 1 is 1.27 bits per heavy atom. The molecule has 0 aliphatic rings. The molecule has 0 bridgehead atoms. The van der Waals surface area contributed by atoms with Crippen molar-refractivity contribution in [3.8, 4) is 5.69 Å². The lowest BCUT2D eigenvalue weighted by Gasteiger charge is -2.16. The number of unbranched alkanes of at least 4 members (excludes halogenated alkanes) is 2. The van der Waals surface area contributed by atoms with E-state index in [-0.39, 0.29) is 5.96 Å². The summed E-state index contributed by atoms with van der Waals surface area (Å²) in [7, 11) is 0. The molecular formula is C18H22Cl3N5. The molecule has 0 aliphatic carbocycles. The highest BCUT2D eigenvalue weighted by Gasteiger charge is 2.26. The Balaban J connectivity index is 2.41. The van der Waals surface area contributed by atoms with Gasteiger partial charge in [0.1, 0.15) is 0 Å². The minimum atomic E-state index is -1.52. The van der Waals surface area contributed by atoms with Crippen molar-refractivity contribution < 1.29 is 0 Å². The molecular weight excluding hydrogens is 393 g/mol. The van der Waals surface area contributed by atoms with Crippen molar-refractivity contribution in [3.05, 3.63) is 53.3 Å². The van der Waals surface area contributed by atoms with Crippen LogP contribution in [0.1, 0.15) is 42.9 Å². The summed E-state index contributed by atoms with van der Waals surface area (Å²) in [6.45, 7) is 2.17. The van der Waals surface area contributed by atoms with E-state index in [0.29, 0.717) is 5.56 Å². The number of nitrogens with two attached hydrogens (primary N) is 1. The third kappa shape index (κ3) is 5.66. The fourth-order valence-corrected chi connectivity index (χ4v) is 3.13. The first-order valence-electron chi connectivity index (χ1n) is 8.33. The first-order valence-corrected chi connectivity index (χ1v) is 9.47. The predicted molar refractivity (Wildman–Crippen MR) is 111 cm³/mol. The first-order chi connectivity index (χ1) is 12.3. The molecule has 140 valence electrons. The summed E-state index contributed by atoms with van der Waals surface area (Å²) in [4.78, 5) is 0. The number of guanidine groups is 1. The Morgan fingerprint density at radius 3 is 2.65 bits per heavy atom. The molecule has 1 heterocycles. The molecule has 26 heavy (non-hydrogen) atoms. The number of nitrogens with one attached hydrogen (secondary N) is 2. The van der Waals surface area contributed by atoms with Crippen LogP contribution in [0.3, 0.4) is 0 Å². The first kappa shape index (κ1) is 20.6. The standard InChI is InChI=1S/C18H22Cl3N5/c1-2-3-4-7-13-11-26(12-14(13)10-24-25-17(22)23)16-9-6-5-8-15(16)18(19,20)21/h5-6,8-12H,2-4,7H2,1H3,(H4,22,23,25). The molecule has 1 aromatic carbocycles. The second-order valence-corrected chi connectivity index (χ2v) is 8.18. The van der Waals surface area contributed by atoms with Gasteiger partial charge in [-0.25, -0.2) is 5.43 Å². The number of halogens is 3. The zero-order valence-electron chi connectivity index (χ0n) is 14.5. The summed E-state index contributed by atoms with van der Waals surface area (Å²) in [6.07, 6.45) is 9.90. The lowest BCUT2D eigenvalue weighted by atomic mass is 10.1. The smallest absolute Gasteiger partial charge is 0.218 e. The van der Waals surface area contributed by atoms with E-state index < -0.39 is 3.79 Å². The molecule has 0 fully saturated rings. The summed E-state index contributed by atoms with van der Waals surface area (Å²) in [6, 6.07) is 7.44. The van der Waals surface area contributed by atoms with Crippen molar-refractivity contribution in [1.29, 1.82) is 5.41 Å². The Bertz CT molecular complexity index is 777. The Labute approximate surface area is 168 Å². The number of alkyl halides is 3. The van der Waals surface area contributed by atoms with Crippen molar-refractivity contribution in [3.63, 3.8) is 0 Å². The number of benzene rings is 1. The quantitative estimate of drug-likeness (QED) is 0.199. The molecule has 0 spiro atoms. The third-order valence-corrected chi connectivity index (χ3v) is 4.48. The molecule has 0 atom stereocenters. The summed E-state index contributed by atoms with van der Waals surface area (Å²) in [5.41, 5.74) is 11.2. The van der Waals surface area contributed by atoms with Crippen LogP contribution in [0.25, 0.3) is 5.69 Å². The van der Waals surface area contributed by atoms with E-state index in [2.05, 4.69) is 17.5 Å². The van der Waals surface area contributed by atoms with Crippen molar-refractivity contribution >= 4 is 47.0 Å². The van der Waals surface area contributed by atoms with Crippen LogP contribution in [0.2, 0.25) is 0 Å². The number of nitrogens with zero attached hydrogens (tertiary/aromatic N) is 2. The van der Waals surface area contributed by atoms with Gasteiger partial charge in [-0.15, -0.1) is 0 Å². The van der Waals surface area contributed by atoms with Gasteiger partial charge in [0.05, 0.1) is 11.9 Å². The molecule has 4 N–H and O–H groups in total. The van der Waals surface area contributed by atoms with Crippen LogP contribution in [-0.4, -0.2) is 16.7 Å². The van der Waals surface area contributed by atoms with Crippen molar-refractivity contribution in [1.82, 2.24) is 9.99 Å². The average Bonchev–Trinajstić information content (AvgIpc) is 2.97. The second-order valence-electron chi connectivity index (χ2n) is 5.90. The van der Waals surface area contributed by atoms with Crippen LogP contribution in [0.4, 0.5) is 0 Å². The van der Waals surface area contributed by atoms with E-state index in [0.717, 1.165) is 42.5 Å². The van der Waals surface area contributed by atoms with Gasteiger partial charge >= 0.3 is 0 Å². The van der Waals surface area contributed by atoms with Crippen LogP contribution in [-0.2, 0) is 10.2 Å². The van der Waals surface area contributed by atoms with Gasteiger partial charge in [0.25, 0.3) is 0 Å². The van der Waals surface area contributed by atoms with Gasteiger partial charge in [0.15, 0.2) is 0 Å². The van der Waals surface area contributed by atoms with Crippen LogP contribution >= 0.6 is 34.8 Å². The van der Waals surface area contributed by atoms with E-state index in [1.54, 1.807) is 12.3 Å². The summed E-state index contributed by atoms with van der Waals surface area (Å²) in [5, 5.41) is 11.2. The van der Waals surface area contributed by atoms with Gasteiger partial charge in [-0.3, -0.25) is 5.41 Å². The maximum Gasteiger partial charge on any atom is 0.218 e. The number of para-hydroxylation sites is 1. The van der Waals surface area contributed by atoms with Gasteiger partial charge in [0.2, 0.25) is 9.75 Å². The Kier molecular flexibility index (Phi) is 7.38. The highest BCUT2D eigenvalue weighted by molar-refractivity contribution is 6.66. The number of hydrogen-bond acceptors (Lipinski definition) is 2. The molecule has 0 saturated carbocycles. The van der Waals surface area contributed by atoms with Gasteiger partial charge in [0, 0.05) is 23.5 Å². The molecule has 1 aromatic heterocycles. The van der Waals surface area contributed by atoms with E-state index in [9.17, 15) is 0 Å². The molecule has 0 radical (unpaired) electrons. The summed E-state index contributed by atoms with van der Waals surface area (Å²) >= 11 is 18.4. The summed E-state index contributed by atoms with van der Waals surface area (Å²) < 4.78 is 0.418. The predicted octanol–water partition coefficient (Wildman–Crippen LogP) is 4.85. The van der Waals surface area contributed by atoms with Gasteiger partial charge in [-0.2, -0.15) is 5.10 Å². The Morgan fingerprint density at radius 2 is 2.00 bits per heavy atom. The van der Waals surface area contributed by atoms with E-state index in [4.69, 9.17) is 45.9 Å². The fourth-order valence-electron chi connectivity index (χ4n) is 2.65. The third-order valence-electron chi connectivity index (χ3n) is 3.87. The largest absolute Gasteiger partial charge is 0.369 e. The van der Waals surface area contributed by atoms with E-state index >= 15 is 0 Å². The highest BCUT2D eigenvalue weighted by Crippen LogP contribution is 2.41. The number of aromatic nitrogens is 1. The minimum absolute atomic E-state index is 0.213. The summed E-state index contributed by atoms with van der Waals surface area (Å²) in [5.74, 6) is -0.213. The number of hydrazone groups is 1. The van der Waals surface area contributed by atoms with E-state index in [1.165, 1.54) is 0 Å². The molecule has 2 aromatic rings. The topological polar surface area (TPSA) is 79.2 Å². The second kappa shape index (κ2) is 9.31. The van der Waals surface area contributed by atoms with Gasteiger partial charge in [-0.05, 0) is 24.5 Å². The molecule has 0 unspecified atom stereocenters. The molecule has 0 aliphatic heterocycles. The maximum atomic E-state index is 7.19. The lowest BCUT2D eigenvalue weighted by Crippen LogP contribution is -2.25. The zero-order valence-corrected chi connectivity index (χ0v) is 16.7. The fraction of sp³-hybridized carbons (Fsp3) is 0.333. The average molecular weight is 415 g/mol. The molecule has 0 saturated heterocycles. The normalized spacial score (nSPS) is 11.8. The van der Waals surface area contributed by atoms with Gasteiger partial charge < -0.3 is 10.3 Å². The monoisotopic (exact) mass is 413 g/mol.